The van der Waals surface area contributed by atoms with E-state index in [4.69, 9.17) is 21.4 Å². The Labute approximate surface area is 209 Å². The molecule has 2 N–H and O–H groups in total. The third-order valence-electron chi connectivity index (χ3n) is 5.23. The largest absolute Gasteiger partial charge is 0.486 e. The van der Waals surface area contributed by atoms with Crippen LogP contribution in [0, 0.1) is 0 Å². The number of nitrogens with zero attached hydrogens (tertiary/aromatic N) is 1. The number of nitrogens with one attached hydrogen (secondary N) is 1. The number of ether oxygens (including phenoxy) is 2. The number of carboxylic acid groups (broad SMARTS) is 1. The van der Waals surface area contributed by atoms with Gasteiger partial charge >= 0.3 is 18.2 Å². The molecule has 36 heavy (non-hydrogen) atoms. The Balaban J connectivity index is 1.96. The molecule has 0 bridgehead atoms. The number of fused-ring (bicyclic) bond motifs is 1. The average Bonchev–Trinajstić information content (AvgIpc) is 2.76. The molecule has 1 aliphatic heterocycles. The highest BCUT2D eigenvalue weighted by molar-refractivity contribution is 7.92. The van der Waals surface area contributed by atoms with Gasteiger partial charge in [-0.3, -0.25) is 14.4 Å². The minimum absolute atomic E-state index is 0.00912. The van der Waals surface area contributed by atoms with E-state index in [1.165, 1.54) is 42.5 Å². The summed E-state index contributed by atoms with van der Waals surface area (Å²) in [6.07, 6.45) is -7.29. The second kappa shape index (κ2) is 10.1. The summed E-state index contributed by atoms with van der Waals surface area (Å²) in [7, 11) is -4.23. The van der Waals surface area contributed by atoms with Crippen molar-refractivity contribution in [2.75, 3.05) is 16.2 Å². The summed E-state index contributed by atoms with van der Waals surface area (Å²) in [5, 5.41) is 11.3. The van der Waals surface area contributed by atoms with Crippen molar-refractivity contribution in [2.24, 2.45) is 0 Å². The molecule has 0 radical (unpaired) electrons. The number of carbonyl (C=O) groups is 2. The van der Waals surface area contributed by atoms with E-state index in [2.05, 4.69) is 10.1 Å². The van der Waals surface area contributed by atoms with E-state index in [0.717, 1.165) is 4.31 Å². The van der Waals surface area contributed by atoms with Crippen LogP contribution in [0.2, 0.25) is 5.02 Å². The number of aliphatic carboxylic acids is 1. The van der Waals surface area contributed by atoms with Crippen molar-refractivity contribution >= 4 is 45.1 Å². The van der Waals surface area contributed by atoms with E-state index in [9.17, 15) is 31.2 Å². The first-order chi connectivity index (χ1) is 16.6. The van der Waals surface area contributed by atoms with Crippen LogP contribution in [0.5, 0.6) is 5.75 Å². The SMILES string of the molecule is CC(C)(OC(=O)Nc1ccc2c(c1)N(S(=O)(=O)c1cccc(Cl)c1)CC(CCC(=O)O)O2)C(F)(F)F. The fourth-order valence-corrected chi connectivity index (χ4v) is 5.04. The molecule has 1 aliphatic rings. The van der Waals surface area contributed by atoms with E-state index in [0.29, 0.717) is 13.8 Å². The number of hydrogen-bond donors (Lipinski definition) is 2. The molecular weight excluding hydrogens is 529 g/mol. The molecule has 14 heteroatoms. The minimum atomic E-state index is -4.82. The van der Waals surface area contributed by atoms with Gasteiger partial charge in [-0.15, -0.1) is 0 Å². The lowest BCUT2D eigenvalue weighted by atomic mass is 10.1. The second-order valence-electron chi connectivity index (χ2n) is 8.37. The zero-order valence-electron chi connectivity index (χ0n) is 19.0. The van der Waals surface area contributed by atoms with Crippen LogP contribution in [0.1, 0.15) is 26.7 Å². The van der Waals surface area contributed by atoms with Crippen molar-refractivity contribution in [2.45, 2.75) is 49.5 Å². The van der Waals surface area contributed by atoms with Crippen LogP contribution in [0.25, 0.3) is 0 Å². The third-order valence-corrected chi connectivity index (χ3v) is 7.24. The van der Waals surface area contributed by atoms with Gasteiger partial charge in [-0.2, -0.15) is 13.2 Å². The molecule has 1 atom stereocenters. The number of benzene rings is 2. The van der Waals surface area contributed by atoms with E-state index >= 15 is 0 Å². The highest BCUT2D eigenvalue weighted by atomic mass is 35.5. The number of rotatable bonds is 7. The van der Waals surface area contributed by atoms with Crippen molar-refractivity contribution < 1.29 is 45.8 Å². The van der Waals surface area contributed by atoms with E-state index < -0.39 is 40.0 Å². The summed E-state index contributed by atoms with van der Waals surface area (Å²) in [4.78, 5) is 23.0. The predicted octanol–water partition coefficient (Wildman–Crippen LogP) is 5.05. The zero-order chi connectivity index (χ0) is 26.9. The summed E-state index contributed by atoms with van der Waals surface area (Å²) in [6, 6.07) is 9.27. The van der Waals surface area contributed by atoms with Gasteiger partial charge < -0.3 is 14.6 Å². The first kappa shape index (κ1) is 27.4. The van der Waals surface area contributed by atoms with Gasteiger partial charge in [-0.25, -0.2) is 13.2 Å². The van der Waals surface area contributed by atoms with Gasteiger partial charge in [0.2, 0.25) is 5.60 Å². The molecule has 0 spiro atoms. The summed E-state index contributed by atoms with van der Waals surface area (Å²) < 4.78 is 77.3. The first-order valence-electron chi connectivity index (χ1n) is 10.5. The molecule has 196 valence electrons. The van der Waals surface area contributed by atoms with Gasteiger partial charge in [0.1, 0.15) is 11.9 Å². The van der Waals surface area contributed by atoms with Crippen molar-refractivity contribution in [3.05, 3.63) is 47.5 Å². The Kier molecular flexibility index (Phi) is 7.65. The molecule has 1 heterocycles. The minimum Gasteiger partial charge on any atom is -0.486 e. The molecular formula is C22H22ClF3N2O7S. The highest BCUT2D eigenvalue weighted by Crippen LogP contribution is 2.40. The number of carbonyl (C=O) groups excluding carboxylic acids is 1. The summed E-state index contributed by atoms with van der Waals surface area (Å²) in [6.45, 7) is 1.11. The van der Waals surface area contributed by atoms with Gasteiger partial charge in [-0.1, -0.05) is 17.7 Å². The number of anilines is 2. The fourth-order valence-electron chi connectivity index (χ4n) is 3.24. The Morgan fingerprint density at radius 1 is 1.22 bits per heavy atom. The van der Waals surface area contributed by atoms with Crippen LogP contribution in [-0.4, -0.2) is 50.0 Å². The molecule has 3 rings (SSSR count). The smallest absolute Gasteiger partial charge is 0.427 e. The molecule has 0 saturated carbocycles. The maximum absolute atomic E-state index is 13.5. The quantitative estimate of drug-likeness (QED) is 0.494. The number of hydrogen-bond acceptors (Lipinski definition) is 6. The standard InChI is InChI=1S/C22H22ClF3N2O7S/c1-21(2,22(24,25)26)35-20(31)27-14-6-8-18-17(11-14)28(12-15(34-18)7-9-19(29)30)36(32,33)16-5-3-4-13(23)10-16/h3-6,8,10-11,15H,7,9,12H2,1-2H3,(H,27,31)(H,29,30). The van der Waals surface area contributed by atoms with Crippen molar-refractivity contribution in [3.8, 4) is 5.75 Å². The molecule has 1 amide bonds. The van der Waals surface area contributed by atoms with Crippen LogP contribution >= 0.6 is 11.6 Å². The van der Waals surface area contributed by atoms with Crippen LogP contribution in [0.3, 0.4) is 0 Å². The third kappa shape index (κ3) is 6.13. The van der Waals surface area contributed by atoms with Gasteiger partial charge in [0.15, 0.2) is 0 Å². The van der Waals surface area contributed by atoms with Gasteiger partial charge in [-0.05, 0) is 56.7 Å². The van der Waals surface area contributed by atoms with Crippen LogP contribution in [0.15, 0.2) is 47.4 Å². The zero-order valence-corrected chi connectivity index (χ0v) is 20.6. The summed E-state index contributed by atoms with van der Waals surface area (Å²) in [5.74, 6) is -1.02. The molecule has 9 nitrogen and oxygen atoms in total. The molecule has 2 aromatic carbocycles. The lowest BCUT2D eigenvalue weighted by molar-refractivity contribution is -0.242. The van der Waals surface area contributed by atoms with Gasteiger partial charge in [0.25, 0.3) is 10.0 Å². The number of sulfonamides is 1. The Hall–Kier alpha value is -3.19. The molecule has 2 aromatic rings. The summed E-state index contributed by atoms with van der Waals surface area (Å²) in [5.41, 5.74) is -2.85. The lowest BCUT2D eigenvalue weighted by Crippen LogP contribution is -2.44. The van der Waals surface area contributed by atoms with Crippen LogP contribution < -0.4 is 14.4 Å². The molecule has 0 fully saturated rings. The Morgan fingerprint density at radius 2 is 1.92 bits per heavy atom. The topological polar surface area (TPSA) is 122 Å². The van der Waals surface area contributed by atoms with Crippen LogP contribution in [0.4, 0.5) is 29.3 Å². The van der Waals surface area contributed by atoms with Crippen molar-refractivity contribution in [3.63, 3.8) is 0 Å². The fraction of sp³-hybridized carbons (Fsp3) is 0.364. The number of amides is 1. The summed E-state index contributed by atoms with van der Waals surface area (Å²) >= 11 is 5.96. The highest BCUT2D eigenvalue weighted by Gasteiger charge is 2.51. The Bertz CT molecular complexity index is 1270. The second-order valence-corrected chi connectivity index (χ2v) is 10.7. The number of halogens is 4. The van der Waals surface area contributed by atoms with E-state index in [1.807, 2.05) is 0 Å². The van der Waals surface area contributed by atoms with Crippen molar-refractivity contribution in [1.82, 2.24) is 0 Å². The number of carboxylic acids is 1. The maximum atomic E-state index is 13.5. The number of alkyl halides is 3. The molecule has 0 saturated heterocycles. The monoisotopic (exact) mass is 550 g/mol. The predicted molar refractivity (Wildman–Crippen MR) is 124 cm³/mol. The molecule has 0 aliphatic carbocycles. The maximum Gasteiger partial charge on any atom is 0.427 e. The van der Waals surface area contributed by atoms with Crippen LogP contribution in [-0.2, 0) is 19.6 Å². The van der Waals surface area contributed by atoms with Gasteiger partial charge in [0.05, 0.1) is 17.1 Å². The lowest BCUT2D eigenvalue weighted by Gasteiger charge is -2.35. The normalized spacial score (nSPS) is 16.1. The van der Waals surface area contributed by atoms with E-state index in [1.54, 1.807) is 0 Å². The molecule has 0 aromatic heterocycles. The van der Waals surface area contributed by atoms with Crippen molar-refractivity contribution in [1.29, 1.82) is 0 Å². The van der Waals surface area contributed by atoms with Gasteiger partial charge in [0, 0.05) is 17.1 Å². The molecule has 1 unspecified atom stereocenters. The Morgan fingerprint density at radius 3 is 2.53 bits per heavy atom. The van der Waals surface area contributed by atoms with E-state index in [-0.39, 0.29) is 46.4 Å². The first-order valence-corrected chi connectivity index (χ1v) is 12.3. The average molecular weight is 551 g/mol.